The zero-order chi connectivity index (χ0) is 24.8. The van der Waals surface area contributed by atoms with E-state index in [9.17, 15) is 14.0 Å². The molecule has 1 aromatic heterocycles. The maximum absolute atomic E-state index is 13.7. The highest BCUT2D eigenvalue weighted by Crippen LogP contribution is 2.28. The molecule has 0 saturated heterocycles. The van der Waals surface area contributed by atoms with Crippen molar-refractivity contribution in [1.29, 1.82) is 0 Å². The lowest BCUT2D eigenvalue weighted by molar-refractivity contribution is -0.121. The molecule has 2 heterocycles. The summed E-state index contributed by atoms with van der Waals surface area (Å²) in [6, 6.07) is 13.7. The van der Waals surface area contributed by atoms with Crippen molar-refractivity contribution in [2.24, 2.45) is 5.92 Å². The summed E-state index contributed by atoms with van der Waals surface area (Å²) in [4.78, 5) is 30.5. The molecule has 6 nitrogen and oxygen atoms in total. The molecule has 0 atom stereocenters. The van der Waals surface area contributed by atoms with Gasteiger partial charge in [-0.25, -0.2) is 4.39 Å². The monoisotopic (exact) mass is 477 g/mol. The predicted octanol–water partition coefficient (Wildman–Crippen LogP) is 6.08. The van der Waals surface area contributed by atoms with Crippen LogP contribution in [0.1, 0.15) is 61.9 Å². The first kappa shape index (κ1) is 24.6. The van der Waals surface area contributed by atoms with Gasteiger partial charge in [-0.1, -0.05) is 56.5 Å². The Morgan fingerprint density at radius 3 is 2.37 bits per heavy atom. The first-order valence-electron chi connectivity index (χ1n) is 12.3. The van der Waals surface area contributed by atoms with E-state index >= 15 is 0 Å². The van der Waals surface area contributed by atoms with Gasteiger partial charge in [0.25, 0.3) is 5.91 Å². The maximum Gasteiger partial charge on any atom is 0.259 e. The third kappa shape index (κ3) is 5.78. The number of fused-ring (bicyclic) bond motifs is 1. The molecule has 35 heavy (non-hydrogen) atoms. The summed E-state index contributed by atoms with van der Waals surface area (Å²) < 4.78 is 18.6. The summed E-state index contributed by atoms with van der Waals surface area (Å²) in [5.74, 6) is -0.585. The molecular weight excluding hydrogens is 445 g/mol. The molecule has 0 aliphatic carbocycles. The van der Waals surface area contributed by atoms with Gasteiger partial charge in [-0.05, 0) is 48.7 Å². The van der Waals surface area contributed by atoms with Gasteiger partial charge in [-0.3, -0.25) is 9.59 Å². The molecule has 2 amide bonds. The van der Waals surface area contributed by atoms with Crippen LogP contribution >= 0.6 is 0 Å². The van der Waals surface area contributed by atoms with Crippen molar-refractivity contribution in [3.63, 3.8) is 0 Å². The van der Waals surface area contributed by atoms with Gasteiger partial charge in [0.05, 0.1) is 0 Å². The fraction of sp³-hybridized carbons (Fsp3) is 0.393. The lowest BCUT2D eigenvalue weighted by Crippen LogP contribution is -2.37. The largest absolute Gasteiger partial charge is 0.363 e. The number of rotatable bonds is 3. The van der Waals surface area contributed by atoms with Crippen LogP contribution in [0.2, 0.25) is 0 Å². The minimum Gasteiger partial charge on any atom is -0.363 e. The van der Waals surface area contributed by atoms with E-state index in [4.69, 9.17) is 4.52 Å². The molecule has 0 fully saturated rings. The lowest BCUT2D eigenvalue weighted by atomic mass is 10.0. The number of benzene rings is 2. The number of hydrogen-bond donors (Lipinski definition) is 0. The Balaban J connectivity index is 1.68. The molecule has 0 radical (unpaired) electrons. The number of hydrogen-bond acceptors (Lipinski definition) is 4. The summed E-state index contributed by atoms with van der Waals surface area (Å²) in [5.41, 5.74) is 3.14. The Morgan fingerprint density at radius 1 is 0.943 bits per heavy atom. The average Bonchev–Trinajstić information content (AvgIpc) is 3.34. The summed E-state index contributed by atoms with van der Waals surface area (Å²) in [7, 11) is 0. The van der Waals surface area contributed by atoms with E-state index in [0.29, 0.717) is 36.5 Å². The number of anilines is 1. The van der Waals surface area contributed by atoms with Crippen LogP contribution in [0, 0.1) is 11.7 Å². The van der Waals surface area contributed by atoms with Gasteiger partial charge in [0, 0.05) is 36.8 Å². The Labute approximate surface area is 205 Å². The maximum atomic E-state index is 13.7. The molecule has 1 aliphatic heterocycles. The van der Waals surface area contributed by atoms with E-state index in [0.717, 1.165) is 43.4 Å². The summed E-state index contributed by atoms with van der Waals surface area (Å²) in [6.45, 7) is 5.45. The molecule has 0 saturated carbocycles. The minimum absolute atomic E-state index is 0.0880. The van der Waals surface area contributed by atoms with Crippen LogP contribution in [-0.4, -0.2) is 35.0 Å². The molecule has 3 aromatic rings. The summed E-state index contributed by atoms with van der Waals surface area (Å²) >= 11 is 0. The highest BCUT2D eigenvalue weighted by atomic mass is 19.1. The smallest absolute Gasteiger partial charge is 0.259 e. The predicted molar refractivity (Wildman–Crippen MR) is 133 cm³/mol. The molecule has 0 unspecified atom stereocenters. The topological polar surface area (TPSA) is 66.7 Å². The van der Waals surface area contributed by atoms with Crippen LogP contribution in [0.25, 0.3) is 11.3 Å². The fourth-order valence-corrected chi connectivity index (χ4v) is 4.50. The highest BCUT2D eigenvalue weighted by molar-refractivity contribution is 6.00. The van der Waals surface area contributed by atoms with Gasteiger partial charge in [0.15, 0.2) is 0 Å². The average molecular weight is 478 g/mol. The van der Waals surface area contributed by atoms with Crippen molar-refractivity contribution in [2.45, 2.75) is 52.5 Å². The van der Waals surface area contributed by atoms with E-state index in [-0.39, 0.29) is 23.5 Å². The van der Waals surface area contributed by atoms with E-state index in [1.54, 1.807) is 17.0 Å². The number of amides is 2. The molecule has 0 N–H and O–H groups in total. The number of para-hydroxylation sites is 1. The number of carbonyl (C=O) groups is 2. The zero-order valence-corrected chi connectivity index (χ0v) is 20.4. The van der Waals surface area contributed by atoms with E-state index in [1.807, 2.05) is 43.0 Å². The van der Waals surface area contributed by atoms with E-state index in [2.05, 4.69) is 5.16 Å². The van der Waals surface area contributed by atoms with Crippen molar-refractivity contribution < 1.29 is 18.5 Å². The van der Waals surface area contributed by atoms with Gasteiger partial charge < -0.3 is 14.3 Å². The standard InChI is InChI=1S/C28H32FN3O3/c1-20(2)27(33)32-17-9-5-3-4-8-16-31(18-22-10-6-7-11-25(22)32)28(34)24-19-35-30-26(24)21-12-14-23(29)15-13-21/h6-7,10-15,19-20H,3-5,8-9,16-18H2,1-2H3. The first-order valence-corrected chi connectivity index (χ1v) is 12.3. The van der Waals surface area contributed by atoms with Crippen LogP contribution in [-0.2, 0) is 11.3 Å². The third-order valence-electron chi connectivity index (χ3n) is 6.42. The quantitative estimate of drug-likeness (QED) is 0.459. The van der Waals surface area contributed by atoms with Crippen molar-refractivity contribution >= 4 is 17.5 Å². The lowest BCUT2D eigenvalue weighted by Gasteiger charge is -2.30. The van der Waals surface area contributed by atoms with Crippen LogP contribution < -0.4 is 4.90 Å². The normalized spacial score (nSPS) is 15.3. The minimum atomic E-state index is -0.356. The molecule has 4 rings (SSSR count). The van der Waals surface area contributed by atoms with Gasteiger partial charge in [0.1, 0.15) is 23.3 Å². The van der Waals surface area contributed by atoms with E-state index in [1.165, 1.54) is 18.4 Å². The molecule has 0 spiro atoms. The zero-order valence-electron chi connectivity index (χ0n) is 20.4. The molecule has 2 aromatic carbocycles. The Morgan fingerprint density at radius 2 is 1.63 bits per heavy atom. The van der Waals surface area contributed by atoms with Crippen molar-refractivity contribution in [1.82, 2.24) is 10.1 Å². The number of aromatic nitrogens is 1. The molecule has 7 heteroatoms. The second kappa shape index (κ2) is 11.3. The first-order chi connectivity index (χ1) is 17.0. The Kier molecular flexibility index (Phi) is 7.95. The van der Waals surface area contributed by atoms with Crippen LogP contribution in [0.5, 0.6) is 0 Å². The number of carbonyl (C=O) groups excluding carboxylic acids is 2. The van der Waals surface area contributed by atoms with Crippen molar-refractivity contribution in [2.75, 3.05) is 18.0 Å². The van der Waals surface area contributed by atoms with E-state index < -0.39 is 0 Å². The molecular formula is C28H32FN3O3. The Hall–Kier alpha value is -3.48. The molecule has 0 bridgehead atoms. The summed E-state index contributed by atoms with van der Waals surface area (Å²) in [6.07, 6.45) is 6.31. The molecule has 184 valence electrons. The Bertz CT molecular complexity index is 1160. The van der Waals surface area contributed by atoms with Crippen molar-refractivity contribution in [3.05, 3.63) is 71.7 Å². The fourth-order valence-electron chi connectivity index (χ4n) is 4.50. The SMILES string of the molecule is CC(C)C(=O)N1CCCCCCCN(C(=O)c2conc2-c2ccc(F)cc2)Cc2ccccc21. The van der Waals surface area contributed by atoms with Crippen LogP contribution in [0.15, 0.2) is 59.3 Å². The van der Waals surface area contributed by atoms with Crippen LogP contribution in [0.4, 0.5) is 10.1 Å². The van der Waals surface area contributed by atoms with Gasteiger partial charge >= 0.3 is 0 Å². The highest BCUT2D eigenvalue weighted by Gasteiger charge is 2.26. The second-order valence-corrected chi connectivity index (χ2v) is 9.35. The number of halogens is 1. The number of nitrogens with zero attached hydrogens (tertiary/aromatic N) is 3. The van der Waals surface area contributed by atoms with Gasteiger partial charge in [0.2, 0.25) is 5.91 Å². The second-order valence-electron chi connectivity index (χ2n) is 9.35. The van der Waals surface area contributed by atoms with Crippen LogP contribution in [0.3, 0.4) is 0 Å². The molecule has 1 aliphatic rings. The third-order valence-corrected chi connectivity index (χ3v) is 6.42. The summed E-state index contributed by atoms with van der Waals surface area (Å²) in [5, 5.41) is 4.04. The van der Waals surface area contributed by atoms with Gasteiger partial charge in [-0.2, -0.15) is 0 Å². The van der Waals surface area contributed by atoms with Gasteiger partial charge in [-0.15, -0.1) is 0 Å². The van der Waals surface area contributed by atoms with Crippen molar-refractivity contribution in [3.8, 4) is 11.3 Å².